The summed E-state index contributed by atoms with van der Waals surface area (Å²) in [4.78, 5) is 10.7. The van der Waals surface area contributed by atoms with Crippen LogP contribution < -0.4 is 0 Å². The van der Waals surface area contributed by atoms with Gasteiger partial charge >= 0.3 is 0 Å². The second-order valence-corrected chi connectivity index (χ2v) is 4.50. The lowest BCUT2D eigenvalue weighted by Gasteiger charge is -2.09. The molecule has 0 unspecified atom stereocenters. The molecule has 0 saturated carbocycles. The molecular weight excluding hydrogens is 198 g/mol. The van der Waals surface area contributed by atoms with Gasteiger partial charge in [0.15, 0.2) is 0 Å². The molecule has 2 rings (SSSR count). The van der Waals surface area contributed by atoms with Gasteiger partial charge in [0, 0.05) is 29.6 Å². The Labute approximate surface area is 95.9 Å². The van der Waals surface area contributed by atoms with Gasteiger partial charge in [-0.05, 0) is 38.0 Å². The minimum absolute atomic E-state index is 0.421. The van der Waals surface area contributed by atoms with E-state index < -0.39 is 0 Å². The average molecular weight is 215 g/mol. The van der Waals surface area contributed by atoms with Crippen LogP contribution in [0.15, 0.2) is 24.4 Å². The summed E-state index contributed by atoms with van der Waals surface area (Å²) in [6.45, 7) is 6.42. The molecule has 84 valence electrons. The van der Waals surface area contributed by atoms with Gasteiger partial charge in [0.2, 0.25) is 0 Å². The van der Waals surface area contributed by atoms with Crippen molar-refractivity contribution in [3.05, 3.63) is 35.5 Å². The molecule has 0 aliphatic rings. The SMILES string of the molecule is Cc1cccc2c1c(CC=O)cn2C(C)C. The third kappa shape index (κ3) is 1.64. The molecule has 1 aromatic heterocycles. The summed E-state index contributed by atoms with van der Waals surface area (Å²) in [5.74, 6) is 0. The molecule has 0 bridgehead atoms. The fourth-order valence-corrected chi connectivity index (χ4v) is 2.26. The molecule has 2 nitrogen and oxygen atoms in total. The molecule has 0 atom stereocenters. The number of hydrogen-bond donors (Lipinski definition) is 0. The van der Waals surface area contributed by atoms with E-state index in [1.165, 1.54) is 16.5 Å². The van der Waals surface area contributed by atoms with E-state index >= 15 is 0 Å². The predicted molar refractivity (Wildman–Crippen MR) is 66.8 cm³/mol. The molecule has 1 heterocycles. The zero-order valence-corrected chi connectivity index (χ0v) is 10.0. The van der Waals surface area contributed by atoms with Crippen LogP contribution in [0.1, 0.15) is 31.0 Å². The summed E-state index contributed by atoms with van der Waals surface area (Å²) < 4.78 is 2.24. The second kappa shape index (κ2) is 4.12. The van der Waals surface area contributed by atoms with Gasteiger partial charge in [0.25, 0.3) is 0 Å². The zero-order valence-electron chi connectivity index (χ0n) is 10.0. The van der Waals surface area contributed by atoms with Crippen LogP contribution in [0.2, 0.25) is 0 Å². The molecule has 0 saturated heterocycles. The highest BCUT2D eigenvalue weighted by atomic mass is 16.1. The van der Waals surface area contributed by atoms with E-state index in [1.807, 2.05) is 0 Å². The van der Waals surface area contributed by atoms with Crippen LogP contribution in [0.5, 0.6) is 0 Å². The minimum atomic E-state index is 0.421. The number of rotatable bonds is 3. The first kappa shape index (κ1) is 10.9. The Morgan fingerprint density at radius 1 is 1.38 bits per heavy atom. The van der Waals surface area contributed by atoms with Crippen LogP contribution in [-0.2, 0) is 11.2 Å². The van der Waals surface area contributed by atoms with Gasteiger partial charge in [-0.2, -0.15) is 0 Å². The lowest BCUT2D eigenvalue weighted by atomic mass is 10.1. The quantitative estimate of drug-likeness (QED) is 0.720. The number of aldehydes is 1. The Balaban J connectivity index is 2.76. The standard InChI is InChI=1S/C14H17NO/c1-10(2)15-9-12(7-8-16)14-11(3)5-4-6-13(14)15/h4-6,8-10H,7H2,1-3H3. The highest BCUT2D eigenvalue weighted by Crippen LogP contribution is 2.27. The number of benzene rings is 1. The molecule has 0 radical (unpaired) electrons. The van der Waals surface area contributed by atoms with Gasteiger partial charge in [-0.15, -0.1) is 0 Å². The largest absolute Gasteiger partial charge is 0.345 e. The Bertz CT molecular complexity index is 523. The van der Waals surface area contributed by atoms with Crippen LogP contribution >= 0.6 is 0 Å². The van der Waals surface area contributed by atoms with Crippen molar-refractivity contribution in [3.8, 4) is 0 Å². The Morgan fingerprint density at radius 2 is 2.12 bits per heavy atom. The maximum absolute atomic E-state index is 10.7. The Morgan fingerprint density at radius 3 is 2.75 bits per heavy atom. The van der Waals surface area contributed by atoms with E-state index in [4.69, 9.17) is 0 Å². The second-order valence-electron chi connectivity index (χ2n) is 4.50. The van der Waals surface area contributed by atoms with E-state index in [2.05, 4.69) is 49.7 Å². The zero-order chi connectivity index (χ0) is 11.7. The molecule has 0 N–H and O–H groups in total. The van der Waals surface area contributed by atoms with Gasteiger partial charge in [0.05, 0.1) is 0 Å². The highest BCUT2D eigenvalue weighted by Gasteiger charge is 2.11. The van der Waals surface area contributed by atoms with Crippen LogP contribution in [-0.4, -0.2) is 10.9 Å². The highest BCUT2D eigenvalue weighted by molar-refractivity contribution is 5.89. The van der Waals surface area contributed by atoms with Crippen LogP contribution in [0, 0.1) is 6.92 Å². The number of aryl methyl sites for hydroxylation is 1. The number of nitrogens with zero attached hydrogens (tertiary/aromatic N) is 1. The monoisotopic (exact) mass is 215 g/mol. The lowest BCUT2D eigenvalue weighted by molar-refractivity contribution is -0.107. The molecule has 0 aliphatic heterocycles. The molecule has 2 aromatic rings. The van der Waals surface area contributed by atoms with E-state index in [1.54, 1.807) is 0 Å². The topological polar surface area (TPSA) is 22.0 Å². The van der Waals surface area contributed by atoms with Crippen molar-refractivity contribution < 1.29 is 4.79 Å². The smallest absolute Gasteiger partial charge is 0.124 e. The maximum Gasteiger partial charge on any atom is 0.124 e. The van der Waals surface area contributed by atoms with Crippen LogP contribution in [0.25, 0.3) is 10.9 Å². The first-order valence-electron chi connectivity index (χ1n) is 5.67. The van der Waals surface area contributed by atoms with Gasteiger partial charge in [-0.1, -0.05) is 12.1 Å². The van der Waals surface area contributed by atoms with Crippen molar-refractivity contribution in [2.24, 2.45) is 0 Å². The molecule has 0 amide bonds. The third-order valence-corrected chi connectivity index (χ3v) is 3.00. The number of aromatic nitrogens is 1. The third-order valence-electron chi connectivity index (χ3n) is 3.00. The van der Waals surface area contributed by atoms with Crippen molar-refractivity contribution in [2.45, 2.75) is 33.2 Å². The number of carbonyl (C=O) groups excluding carboxylic acids is 1. The number of carbonyl (C=O) groups is 1. The summed E-state index contributed by atoms with van der Waals surface area (Å²) in [6, 6.07) is 6.71. The van der Waals surface area contributed by atoms with E-state index in [9.17, 15) is 4.79 Å². The Hall–Kier alpha value is -1.57. The van der Waals surface area contributed by atoms with Gasteiger partial charge in [-0.25, -0.2) is 0 Å². The lowest BCUT2D eigenvalue weighted by Crippen LogP contribution is -1.97. The van der Waals surface area contributed by atoms with Crippen molar-refractivity contribution in [1.29, 1.82) is 0 Å². The van der Waals surface area contributed by atoms with Gasteiger partial charge in [0.1, 0.15) is 6.29 Å². The average Bonchev–Trinajstić information content (AvgIpc) is 2.59. The summed E-state index contributed by atoms with van der Waals surface area (Å²) in [5, 5.41) is 1.24. The molecular formula is C14H17NO. The molecule has 1 aromatic carbocycles. The summed E-state index contributed by atoms with van der Waals surface area (Å²) in [7, 11) is 0. The van der Waals surface area contributed by atoms with E-state index in [0.29, 0.717) is 12.5 Å². The molecule has 16 heavy (non-hydrogen) atoms. The Kier molecular flexibility index (Phi) is 2.82. The van der Waals surface area contributed by atoms with Gasteiger partial charge in [-0.3, -0.25) is 0 Å². The molecule has 0 fully saturated rings. The predicted octanol–water partition coefficient (Wildman–Crippen LogP) is 3.27. The molecule has 0 spiro atoms. The first-order chi connectivity index (χ1) is 7.65. The first-order valence-corrected chi connectivity index (χ1v) is 5.67. The number of fused-ring (bicyclic) bond motifs is 1. The number of hydrogen-bond acceptors (Lipinski definition) is 1. The van der Waals surface area contributed by atoms with E-state index in [-0.39, 0.29) is 0 Å². The normalized spacial score (nSPS) is 11.2. The van der Waals surface area contributed by atoms with E-state index in [0.717, 1.165) is 11.8 Å². The van der Waals surface area contributed by atoms with Crippen LogP contribution in [0.3, 0.4) is 0 Å². The molecule has 0 aliphatic carbocycles. The fraction of sp³-hybridized carbons (Fsp3) is 0.357. The van der Waals surface area contributed by atoms with Crippen molar-refractivity contribution >= 4 is 17.2 Å². The van der Waals surface area contributed by atoms with Crippen molar-refractivity contribution in [1.82, 2.24) is 4.57 Å². The molecule has 2 heteroatoms. The fourth-order valence-electron chi connectivity index (χ4n) is 2.26. The summed E-state index contributed by atoms with van der Waals surface area (Å²) >= 11 is 0. The summed E-state index contributed by atoms with van der Waals surface area (Å²) in [6.07, 6.45) is 3.59. The van der Waals surface area contributed by atoms with Crippen LogP contribution in [0.4, 0.5) is 0 Å². The summed E-state index contributed by atoms with van der Waals surface area (Å²) in [5.41, 5.74) is 3.61. The maximum atomic E-state index is 10.7. The minimum Gasteiger partial charge on any atom is -0.345 e. The van der Waals surface area contributed by atoms with Crippen molar-refractivity contribution in [3.63, 3.8) is 0 Å². The van der Waals surface area contributed by atoms with Gasteiger partial charge < -0.3 is 9.36 Å². The van der Waals surface area contributed by atoms with Crippen molar-refractivity contribution in [2.75, 3.05) is 0 Å².